The van der Waals surface area contributed by atoms with Crippen LogP contribution in [0.15, 0.2) is 47.1 Å². The number of nitrogen functional groups attached to an aromatic ring is 1. The topological polar surface area (TPSA) is 62.5 Å². The van der Waals surface area contributed by atoms with E-state index in [1.165, 1.54) is 0 Å². The molecule has 114 valence electrons. The number of hydrogen-bond acceptors (Lipinski definition) is 4. The van der Waals surface area contributed by atoms with E-state index < -0.39 is 0 Å². The summed E-state index contributed by atoms with van der Waals surface area (Å²) in [4.78, 5) is 20.9. The normalized spacial score (nSPS) is 15.0. The zero-order chi connectivity index (χ0) is 15.5. The predicted molar refractivity (Wildman–Crippen MR) is 90.9 cm³/mol. The average Bonchev–Trinajstić information content (AvgIpc) is 2.56. The molecule has 1 aromatic carbocycles. The van der Waals surface area contributed by atoms with E-state index in [1.807, 2.05) is 17.0 Å². The minimum atomic E-state index is 0.0587. The van der Waals surface area contributed by atoms with E-state index in [9.17, 15) is 4.79 Å². The van der Waals surface area contributed by atoms with Gasteiger partial charge in [0.2, 0.25) is 0 Å². The van der Waals surface area contributed by atoms with Gasteiger partial charge in [-0.1, -0.05) is 0 Å². The molecule has 0 spiro atoms. The van der Waals surface area contributed by atoms with Crippen molar-refractivity contribution < 1.29 is 4.79 Å². The number of halogens is 1. The van der Waals surface area contributed by atoms with Gasteiger partial charge in [-0.05, 0) is 52.3 Å². The van der Waals surface area contributed by atoms with Crippen molar-refractivity contribution >= 4 is 33.3 Å². The Bertz CT molecular complexity index is 649. The van der Waals surface area contributed by atoms with Crippen molar-refractivity contribution in [3.8, 4) is 0 Å². The van der Waals surface area contributed by atoms with E-state index in [0.717, 1.165) is 23.4 Å². The molecule has 0 bridgehead atoms. The van der Waals surface area contributed by atoms with Crippen LogP contribution in [0, 0.1) is 0 Å². The van der Waals surface area contributed by atoms with Crippen LogP contribution in [0.3, 0.4) is 0 Å². The van der Waals surface area contributed by atoms with Crippen molar-refractivity contribution in [3.63, 3.8) is 0 Å². The lowest BCUT2D eigenvalue weighted by atomic mass is 10.1. The van der Waals surface area contributed by atoms with Crippen molar-refractivity contribution in [2.45, 2.75) is 0 Å². The number of carbonyl (C=O) groups excluding carboxylic acids is 1. The lowest BCUT2D eigenvalue weighted by Gasteiger charge is -2.35. The van der Waals surface area contributed by atoms with Crippen molar-refractivity contribution in [3.05, 3.63) is 52.6 Å². The highest BCUT2D eigenvalue weighted by molar-refractivity contribution is 9.10. The minimum Gasteiger partial charge on any atom is -0.399 e. The summed E-state index contributed by atoms with van der Waals surface area (Å²) in [5, 5.41) is 0. The number of anilines is 2. The molecule has 0 unspecified atom stereocenters. The summed E-state index contributed by atoms with van der Waals surface area (Å²) in [5.74, 6) is 1.01. The van der Waals surface area contributed by atoms with Gasteiger partial charge in [0.25, 0.3) is 5.91 Å². The summed E-state index contributed by atoms with van der Waals surface area (Å²) >= 11 is 3.39. The maximum Gasteiger partial charge on any atom is 0.253 e. The maximum absolute atomic E-state index is 12.4. The van der Waals surface area contributed by atoms with Crippen LogP contribution in [0.5, 0.6) is 0 Å². The Hall–Kier alpha value is -2.08. The molecule has 3 rings (SSSR count). The van der Waals surface area contributed by atoms with E-state index in [4.69, 9.17) is 5.73 Å². The molecular weight excluding hydrogens is 344 g/mol. The number of amides is 1. The first-order valence-electron chi connectivity index (χ1n) is 7.15. The summed E-state index contributed by atoms with van der Waals surface area (Å²) in [5.41, 5.74) is 7.01. The van der Waals surface area contributed by atoms with E-state index in [1.54, 1.807) is 30.5 Å². The van der Waals surface area contributed by atoms with Gasteiger partial charge in [-0.2, -0.15) is 0 Å². The van der Waals surface area contributed by atoms with Crippen LogP contribution >= 0.6 is 15.9 Å². The van der Waals surface area contributed by atoms with Gasteiger partial charge in [0.05, 0.1) is 0 Å². The molecule has 1 amide bonds. The standard InChI is InChI=1S/C16H17BrN4O/c17-13-3-6-15(19-11-13)20-7-9-21(10-8-20)16(22)12-1-4-14(18)5-2-12/h1-6,11H,7-10,18H2. The Kier molecular flexibility index (Phi) is 4.29. The summed E-state index contributed by atoms with van der Waals surface area (Å²) in [6.45, 7) is 2.96. The Balaban J connectivity index is 1.62. The van der Waals surface area contributed by atoms with Crippen LogP contribution in [0.4, 0.5) is 11.5 Å². The Morgan fingerprint density at radius 2 is 1.73 bits per heavy atom. The maximum atomic E-state index is 12.4. The predicted octanol–water partition coefficient (Wildman–Crippen LogP) is 2.39. The molecule has 1 aromatic heterocycles. The number of nitrogens with zero attached hydrogens (tertiary/aromatic N) is 3. The molecule has 5 nitrogen and oxygen atoms in total. The van der Waals surface area contributed by atoms with Crippen LogP contribution in [0.25, 0.3) is 0 Å². The van der Waals surface area contributed by atoms with Gasteiger partial charge in [0.15, 0.2) is 0 Å². The first-order chi connectivity index (χ1) is 10.6. The fraction of sp³-hybridized carbons (Fsp3) is 0.250. The van der Waals surface area contributed by atoms with Crippen molar-refractivity contribution in [2.75, 3.05) is 36.8 Å². The van der Waals surface area contributed by atoms with Crippen molar-refractivity contribution in [2.24, 2.45) is 0 Å². The number of aromatic nitrogens is 1. The second kappa shape index (κ2) is 6.36. The quantitative estimate of drug-likeness (QED) is 0.835. The lowest BCUT2D eigenvalue weighted by molar-refractivity contribution is 0.0746. The molecule has 6 heteroatoms. The van der Waals surface area contributed by atoms with Crippen molar-refractivity contribution in [1.82, 2.24) is 9.88 Å². The number of nitrogens with two attached hydrogens (primary N) is 1. The third kappa shape index (κ3) is 3.22. The highest BCUT2D eigenvalue weighted by atomic mass is 79.9. The van der Waals surface area contributed by atoms with Crippen LogP contribution < -0.4 is 10.6 Å². The first-order valence-corrected chi connectivity index (χ1v) is 7.94. The number of piperazine rings is 1. The highest BCUT2D eigenvalue weighted by Gasteiger charge is 2.22. The molecule has 2 aromatic rings. The second-order valence-corrected chi connectivity index (χ2v) is 6.15. The van der Waals surface area contributed by atoms with Gasteiger partial charge in [-0.3, -0.25) is 4.79 Å². The molecule has 2 N–H and O–H groups in total. The SMILES string of the molecule is Nc1ccc(C(=O)N2CCN(c3ccc(Br)cn3)CC2)cc1. The van der Waals surface area contributed by atoms with Gasteiger partial charge < -0.3 is 15.5 Å². The highest BCUT2D eigenvalue weighted by Crippen LogP contribution is 2.17. The van der Waals surface area contributed by atoms with Gasteiger partial charge in [0.1, 0.15) is 5.82 Å². The molecule has 22 heavy (non-hydrogen) atoms. The number of pyridine rings is 1. The molecule has 1 aliphatic rings. The first kappa shape index (κ1) is 14.8. The molecule has 1 aliphatic heterocycles. The fourth-order valence-electron chi connectivity index (χ4n) is 2.50. The average molecular weight is 361 g/mol. The van der Waals surface area contributed by atoms with Gasteiger partial charge in [0, 0.05) is 48.1 Å². The number of rotatable bonds is 2. The Labute approximate surface area is 137 Å². The number of hydrogen-bond donors (Lipinski definition) is 1. The van der Waals surface area contributed by atoms with Crippen LogP contribution in [-0.4, -0.2) is 42.0 Å². The summed E-state index contributed by atoms with van der Waals surface area (Å²) in [6.07, 6.45) is 1.79. The van der Waals surface area contributed by atoms with E-state index >= 15 is 0 Å². The molecule has 2 heterocycles. The van der Waals surface area contributed by atoms with Gasteiger partial charge in [-0.25, -0.2) is 4.98 Å². The Morgan fingerprint density at radius 1 is 1.05 bits per heavy atom. The van der Waals surface area contributed by atoms with E-state index in [2.05, 4.69) is 25.8 Å². The summed E-state index contributed by atoms with van der Waals surface area (Å²) in [7, 11) is 0. The van der Waals surface area contributed by atoms with Crippen LogP contribution in [-0.2, 0) is 0 Å². The molecule has 1 saturated heterocycles. The third-order valence-corrected chi connectivity index (χ3v) is 4.23. The zero-order valence-electron chi connectivity index (χ0n) is 12.1. The van der Waals surface area contributed by atoms with Crippen molar-refractivity contribution in [1.29, 1.82) is 0 Å². The van der Waals surface area contributed by atoms with E-state index in [-0.39, 0.29) is 5.91 Å². The van der Waals surface area contributed by atoms with E-state index in [0.29, 0.717) is 24.3 Å². The third-order valence-electron chi connectivity index (χ3n) is 3.76. The molecule has 0 saturated carbocycles. The molecule has 0 radical (unpaired) electrons. The second-order valence-electron chi connectivity index (χ2n) is 5.24. The van der Waals surface area contributed by atoms with Crippen LogP contribution in [0.2, 0.25) is 0 Å². The molecular formula is C16H17BrN4O. The van der Waals surface area contributed by atoms with Gasteiger partial charge in [-0.15, -0.1) is 0 Å². The summed E-state index contributed by atoms with van der Waals surface area (Å²) < 4.78 is 0.966. The van der Waals surface area contributed by atoms with Gasteiger partial charge >= 0.3 is 0 Å². The number of carbonyl (C=O) groups is 1. The smallest absolute Gasteiger partial charge is 0.253 e. The minimum absolute atomic E-state index is 0.0587. The monoisotopic (exact) mass is 360 g/mol. The number of benzene rings is 1. The molecule has 0 atom stereocenters. The molecule has 0 aliphatic carbocycles. The largest absolute Gasteiger partial charge is 0.399 e. The Morgan fingerprint density at radius 3 is 2.32 bits per heavy atom. The molecule has 1 fully saturated rings. The zero-order valence-corrected chi connectivity index (χ0v) is 13.7. The summed E-state index contributed by atoms with van der Waals surface area (Å²) in [6, 6.07) is 11.0. The van der Waals surface area contributed by atoms with Crippen LogP contribution in [0.1, 0.15) is 10.4 Å². The fourth-order valence-corrected chi connectivity index (χ4v) is 2.74. The lowest BCUT2D eigenvalue weighted by Crippen LogP contribution is -2.49.